The maximum Gasteiger partial charge on any atom is 0.133 e. The van der Waals surface area contributed by atoms with Gasteiger partial charge in [0.1, 0.15) is 17.5 Å². The zero-order valence-corrected chi connectivity index (χ0v) is 10.5. The highest BCUT2D eigenvalue weighted by atomic mass is 19.1. The van der Waals surface area contributed by atoms with Gasteiger partial charge in [0, 0.05) is 30.9 Å². The molecule has 2 rings (SSSR count). The van der Waals surface area contributed by atoms with Crippen LogP contribution in [0.1, 0.15) is 30.9 Å². The van der Waals surface area contributed by atoms with Crippen molar-refractivity contribution in [2.75, 3.05) is 13.2 Å². The number of hydrazine groups is 1. The normalized spacial score (nSPS) is 18.5. The zero-order valence-electron chi connectivity index (χ0n) is 10.5. The first kappa shape index (κ1) is 14.3. The number of rotatable bonds is 4. The van der Waals surface area contributed by atoms with Crippen LogP contribution in [0.4, 0.5) is 13.2 Å². The van der Waals surface area contributed by atoms with Crippen LogP contribution < -0.4 is 11.3 Å². The highest BCUT2D eigenvalue weighted by Crippen LogP contribution is 2.30. The molecule has 3 nitrogen and oxygen atoms in total. The molecule has 0 amide bonds. The summed E-state index contributed by atoms with van der Waals surface area (Å²) in [4.78, 5) is 0. The number of benzene rings is 1. The van der Waals surface area contributed by atoms with Gasteiger partial charge < -0.3 is 4.74 Å². The molecule has 0 radical (unpaired) electrons. The van der Waals surface area contributed by atoms with E-state index in [1.165, 1.54) is 0 Å². The van der Waals surface area contributed by atoms with Crippen molar-refractivity contribution in [2.45, 2.75) is 25.3 Å². The van der Waals surface area contributed by atoms with Crippen LogP contribution in [0.3, 0.4) is 0 Å². The Morgan fingerprint density at radius 2 is 1.79 bits per heavy atom. The molecule has 1 aliphatic rings. The second-order valence-corrected chi connectivity index (χ2v) is 4.79. The third-order valence-electron chi connectivity index (χ3n) is 3.50. The van der Waals surface area contributed by atoms with Gasteiger partial charge in [-0.1, -0.05) is 0 Å². The first-order valence-electron chi connectivity index (χ1n) is 6.30. The molecule has 1 aliphatic heterocycles. The molecule has 0 spiro atoms. The van der Waals surface area contributed by atoms with Gasteiger partial charge in [0.15, 0.2) is 0 Å². The summed E-state index contributed by atoms with van der Waals surface area (Å²) < 4.78 is 45.5. The molecule has 1 fully saturated rings. The number of ether oxygens (including phenoxy) is 1. The second-order valence-electron chi connectivity index (χ2n) is 4.79. The smallest absolute Gasteiger partial charge is 0.133 e. The maximum atomic E-state index is 13.7. The minimum Gasteiger partial charge on any atom is -0.381 e. The Bertz CT molecular complexity index is 413. The molecule has 1 unspecified atom stereocenters. The minimum absolute atomic E-state index is 0.199. The van der Waals surface area contributed by atoms with E-state index in [2.05, 4.69) is 5.43 Å². The molecular weight excluding hydrogens is 257 g/mol. The van der Waals surface area contributed by atoms with Crippen molar-refractivity contribution in [1.29, 1.82) is 0 Å². The molecule has 0 saturated carbocycles. The Hall–Kier alpha value is -1.11. The lowest BCUT2D eigenvalue weighted by atomic mass is 9.89. The molecule has 6 heteroatoms. The summed E-state index contributed by atoms with van der Waals surface area (Å²) in [7, 11) is 0. The standard InChI is InChI=1S/C13H17F3N2O/c14-9-6-10(15)13(11(16)7-9)12(18-17)5-8-1-3-19-4-2-8/h6-8,12,18H,1-5,17H2. The van der Waals surface area contributed by atoms with Gasteiger partial charge in [-0.3, -0.25) is 11.3 Å². The predicted molar refractivity (Wildman–Crippen MR) is 64.5 cm³/mol. The van der Waals surface area contributed by atoms with E-state index in [0.29, 0.717) is 37.7 Å². The molecule has 106 valence electrons. The Morgan fingerprint density at radius 1 is 1.21 bits per heavy atom. The monoisotopic (exact) mass is 274 g/mol. The Labute approximate surface area is 109 Å². The molecular formula is C13H17F3N2O. The molecule has 0 aliphatic carbocycles. The van der Waals surface area contributed by atoms with E-state index in [9.17, 15) is 13.2 Å². The van der Waals surface area contributed by atoms with E-state index in [0.717, 1.165) is 12.8 Å². The largest absolute Gasteiger partial charge is 0.381 e. The summed E-state index contributed by atoms with van der Waals surface area (Å²) in [5.74, 6) is 2.93. The first-order valence-corrected chi connectivity index (χ1v) is 6.30. The highest BCUT2D eigenvalue weighted by Gasteiger charge is 2.25. The molecule has 1 aromatic rings. The van der Waals surface area contributed by atoms with E-state index in [1.54, 1.807) is 0 Å². The lowest BCUT2D eigenvalue weighted by Gasteiger charge is -2.27. The average Bonchev–Trinajstić information content (AvgIpc) is 2.37. The van der Waals surface area contributed by atoms with Crippen molar-refractivity contribution in [2.24, 2.45) is 11.8 Å². The first-order chi connectivity index (χ1) is 9.11. The molecule has 0 bridgehead atoms. The van der Waals surface area contributed by atoms with E-state index in [4.69, 9.17) is 10.6 Å². The summed E-state index contributed by atoms with van der Waals surface area (Å²) in [6.07, 6.45) is 2.17. The van der Waals surface area contributed by atoms with Crippen LogP contribution in [0.25, 0.3) is 0 Å². The van der Waals surface area contributed by atoms with E-state index in [-0.39, 0.29) is 5.56 Å². The number of halogens is 3. The molecule has 1 heterocycles. The third-order valence-corrected chi connectivity index (χ3v) is 3.50. The summed E-state index contributed by atoms with van der Waals surface area (Å²) in [5, 5.41) is 0. The molecule has 1 atom stereocenters. The van der Waals surface area contributed by atoms with Crippen LogP contribution >= 0.6 is 0 Å². The van der Waals surface area contributed by atoms with Crippen LogP contribution in [0.5, 0.6) is 0 Å². The van der Waals surface area contributed by atoms with Crippen LogP contribution in [-0.2, 0) is 4.74 Å². The lowest BCUT2D eigenvalue weighted by molar-refractivity contribution is 0.0602. The Morgan fingerprint density at radius 3 is 2.32 bits per heavy atom. The van der Waals surface area contributed by atoms with Crippen molar-refractivity contribution in [3.8, 4) is 0 Å². The molecule has 1 saturated heterocycles. The van der Waals surface area contributed by atoms with Gasteiger partial charge in [-0.15, -0.1) is 0 Å². The van der Waals surface area contributed by atoms with Gasteiger partial charge in [-0.25, -0.2) is 13.2 Å². The molecule has 19 heavy (non-hydrogen) atoms. The summed E-state index contributed by atoms with van der Waals surface area (Å²) >= 11 is 0. The molecule has 1 aromatic carbocycles. The fraction of sp³-hybridized carbons (Fsp3) is 0.538. The second kappa shape index (κ2) is 6.36. The van der Waals surface area contributed by atoms with Crippen molar-refractivity contribution in [3.63, 3.8) is 0 Å². The summed E-state index contributed by atoms with van der Waals surface area (Å²) in [6.45, 7) is 1.30. The third kappa shape index (κ3) is 3.46. The number of hydrogen-bond donors (Lipinski definition) is 2. The van der Waals surface area contributed by atoms with Gasteiger partial charge in [-0.2, -0.15) is 0 Å². The Kier molecular flexibility index (Phi) is 4.79. The van der Waals surface area contributed by atoms with E-state index in [1.807, 2.05) is 0 Å². The van der Waals surface area contributed by atoms with Crippen molar-refractivity contribution in [1.82, 2.24) is 5.43 Å². The van der Waals surface area contributed by atoms with Crippen LogP contribution in [0.15, 0.2) is 12.1 Å². The van der Waals surface area contributed by atoms with Gasteiger partial charge in [0.2, 0.25) is 0 Å². The quantitative estimate of drug-likeness (QED) is 0.655. The fourth-order valence-corrected chi connectivity index (χ4v) is 2.47. The van der Waals surface area contributed by atoms with Crippen molar-refractivity contribution >= 4 is 0 Å². The topological polar surface area (TPSA) is 47.3 Å². The fourth-order valence-electron chi connectivity index (χ4n) is 2.47. The summed E-state index contributed by atoms with van der Waals surface area (Å²) in [6, 6.07) is 0.683. The maximum absolute atomic E-state index is 13.7. The Balaban J connectivity index is 2.16. The molecule has 3 N–H and O–H groups in total. The molecule has 0 aromatic heterocycles. The lowest BCUT2D eigenvalue weighted by Crippen LogP contribution is -2.32. The van der Waals surface area contributed by atoms with E-state index >= 15 is 0 Å². The number of nitrogens with two attached hydrogens (primary N) is 1. The van der Waals surface area contributed by atoms with Gasteiger partial charge in [0.05, 0.1) is 6.04 Å². The number of nitrogens with one attached hydrogen (secondary N) is 1. The van der Waals surface area contributed by atoms with Crippen LogP contribution in [0.2, 0.25) is 0 Å². The average molecular weight is 274 g/mol. The zero-order chi connectivity index (χ0) is 13.8. The van der Waals surface area contributed by atoms with Crippen LogP contribution in [0, 0.1) is 23.4 Å². The van der Waals surface area contributed by atoms with Crippen molar-refractivity contribution < 1.29 is 17.9 Å². The van der Waals surface area contributed by atoms with Gasteiger partial charge in [-0.05, 0) is 25.2 Å². The van der Waals surface area contributed by atoms with Gasteiger partial charge in [0.25, 0.3) is 0 Å². The number of hydrogen-bond acceptors (Lipinski definition) is 3. The van der Waals surface area contributed by atoms with Gasteiger partial charge >= 0.3 is 0 Å². The van der Waals surface area contributed by atoms with Crippen LogP contribution in [-0.4, -0.2) is 13.2 Å². The van der Waals surface area contributed by atoms with Crippen molar-refractivity contribution in [3.05, 3.63) is 35.1 Å². The predicted octanol–water partition coefficient (Wildman–Crippen LogP) is 2.43. The van der Waals surface area contributed by atoms with E-state index < -0.39 is 23.5 Å². The minimum atomic E-state index is -0.930. The summed E-state index contributed by atoms with van der Waals surface area (Å²) in [5.41, 5.74) is 2.22. The highest BCUT2D eigenvalue weighted by molar-refractivity contribution is 5.24. The SMILES string of the molecule is NNC(CC1CCOCC1)c1c(F)cc(F)cc1F.